The van der Waals surface area contributed by atoms with E-state index >= 15 is 0 Å². The van der Waals surface area contributed by atoms with Crippen LogP contribution in [0.25, 0.3) is 0 Å². The Balaban J connectivity index is 1.75. The van der Waals surface area contributed by atoms with Crippen LogP contribution in [-0.2, 0) is 15.6 Å². The van der Waals surface area contributed by atoms with Crippen LogP contribution in [-0.4, -0.2) is 37.1 Å². The Morgan fingerprint density at radius 2 is 1.72 bits per heavy atom. The Bertz CT molecular complexity index is 887. The maximum atomic E-state index is 11.9. The number of phenolic OH excluding ortho intramolecular Hbond substituents is 1. The summed E-state index contributed by atoms with van der Waals surface area (Å²) < 4.78 is 18.5. The summed E-state index contributed by atoms with van der Waals surface area (Å²) in [6, 6.07) is 10.1. The van der Waals surface area contributed by atoms with Crippen LogP contribution in [0.4, 0.5) is 0 Å². The number of unbranched alkanes of at least 4 members (excludes halogenated alkanes) is 1. The normalized spacial score (nSPS) is 10.6. The Morgan fingerprint density at radius 3 is 2.34 bits per heavy atom. The average Bonchev–Trinajstić information content (AvgIpc) is 2.78. The second kappa shape index (κ2) is 13.6. The lowest BCUT2D eigenvalue weighted by Gasteiger charge is -2.14. The van der Waals surface area contributed by atoms with Gasteiger partial charge < -0.3 is 14.6 Å². The average molecular weight is 464 g/mol. The van der Waals surface area contributed by atoms with Gasteiger partial charge in [-0.25, -0.2) is 4.89 Å². The summed E-state index contributed by atoms with van der Waals surface area (Å²) >= 11 is 0.693. The second-order valence-corrected chi connectivity index (χ2v) is 7.43. The summed E-state index contributed by atoms with van der Waals surface area (Å²) in [5.74, 6) is 0.815. The minimum absolute atomic E-state index is 0.0159. The van der Waals surface area contributed by atoms with Crippen LogP contribution in [0, 0.1) is 0 Å². The fourth-order valence-electron chi connectivity index (χ4n) is 2.96. The van der Waals surface area contributed by atoms with Crippen molar-refractivity contribution in [3.63, 3.8) is 0 Å². The van der Waals surface area contributed by atoms with Crippen LogP contribution in [0.1, 0.15) is 59.4 Å². The number of hydrogen-bond acceptors (Lipinski definition) is 8. The van der Waals surface area contributed by atoms with Gasteiger partial charge in [0.15, 0.2) is 18.0 Å². The number of hydrogen-bond donors (Lipinski definition) is 2. The van der Waals surface area contributed by atoms with E-state index in [1.54, 1.807) is 36.4 Å². The summed E-state index contributed by atoms with van der Waals surface area (Å²) in [6.45, 7) is 4.42. The fraction of sp³-hybridized carbons (Fsp3) is 0.391. The maximum absolute atomic E-state index is 11.9. The van der Waals surface area contributed by atoms with Gasteiger partial charge in [0, 0.05) is 11.1 Å². The summed E-state index contributed by atoms with van der Waals surface area (Å²) in [7, 11) is 1.35. The van der Waals surface area contributed by atoms with Gasteiger partial charge in [0.2, 0.25) is 0 Å². The summed E-state index contributed by atoms with van der Waals surface area (Å²) in [5, 5.41) is 10.4. The molecule has 0 bridgehead atoms. The molecule has 2 rings (SSSR count). The number of nitrogens with one attached hydrogen (secondary N) is 1. The number of ketones is 1. The van der Waals surface area contributed by atoms with E-state index in [-0.39, 0.29) is 17.4 Å². The van der Waals surface area contributed by atoms with E-state index in [1.807, 2.05) is 6.92 Å². The molecule has 174 valence electrons. The van der Waals surface area contributed by atoms with Crippen molar-refractivity contribution in [2.45, 2.75) is 39.5 Å². The van der Waals surface area contributed by atoms with Gasteiger partial charge in [-0.05, 0) is 62.6 Å². The molecule has 0 aliphatic rings. The van der Waals surface area contributed by atoms with Crippen LogP contribution in [0.5, 0.6) is 17.2 Å². The number of ether oxygens (including phenoxy) is 2. The molecule has 0 aromatic heterocycles. The van der Waals surface area contributed by atoms with Crippen molar-refractivity contribution in [3.8, 4) is 17.2 Å². The quantitative estimate of drug-likeness (QED) is 0.104. The highest BCUT2D eigenvalue weighted by atomic mass is 32.2. The Kier molecular flexibility index (Phi) is 10.9. The highest BCUT2D eigenvalue weighted by Gasteiger charge is 2.15. The number of phenols is 1. The molecule has 1 amide bonds. The maximum Gasteiger partial charge on any atom is 0.262 e. The van der Waals surface area contributed by atoms with Gasteiger partial charge in [0.25, 0.3) is 5.91 Å². The number of benzene rings is 2. The first kappa shape index (κ1) is 25.5. The number of carbonyl (C=O) groups is 2. The van der Waals surface area contributed by atoms with Crippen LogP contribution in [0.3, 0.4) is 0 Å². The third-order valence-corrected chi connectivity index (χ3v) is 5.01. The van der Waals surface area contributed by atoms with E-state index in [2.05, 4.69) is 13.9 Å². The largest absolute Gasteiger partial charge is 0.507 e. The number of amides is 1. The molecule has 0 fully saturated rings. The Hall–Kier alpha value is -2.75. The predicted molar refractivity (Wildman–Crippen MR) is 122 cm³/mol. The highest BCUT2D eigenvalue weighted by Crippen LogP contribution is 2.33. The smallest absolute Gasteiger partial charge is 0.262 e. The van der Waals surface area contributed by atoms with Crippen molar-refractivity contribution >= 4 is 23.9 Å². The van der Waals surface area contributed by atoms with E-state index in [4.69, 9.17) is 9.47 Å². The van der Waals surface area contributed by atoms with E-state index in [1.165, 1.54) is 14.0 Å². The standard InChI is InChI=1S/C23H29NO7S/c1-4-7-20-21(13-12-19(16(2)25)22(20)26)30-15-6-5-14-29-18-10-8-17(9-11-18)23(27)24-32-31-28-3/h8-13,26H,4-7,14-15H2,1-3H3,(H,24,27). The molecule has 8 nitrogen and oxygen atoms in total. The second-order valence-electron chi connectivity index (χ2n) is 6.92. The first-order valence-corrected chi connectivity index (χ1v) is 11.1. The van der Waals surface area contributed by atoms with E-state index in [0.29, 0.717) is 60.1 Å². The molecule has 2 aromatic carbocycles. The van der Waals surface area contributed by atoms with Gasteiger partial charge in [-0.1, -0.05) is 13.3 Å². The molecule has 0 aliphatic heterocycles. The van der Waals surface area contributed by atoms with Crippen molar-refractivity contribution in [1.29, 1.82) is 0 Å². The molecule has 32 heavy (non-hydrogen) atoms. The monoisotopic (exact) mass is 463 g/mol. The molecule has 0 saturated carbocycles. The number of aromatic hydroxyl groups is 1. The van der Waals surface area contributed by atoms with E-state index < -0.39 is 0 Å². The molecule has 0 radical (unpaired) electrons. The predicted octanol–water partition coefficient (Wildman–Crippen LogP) is 4.66. The first-order chi connectivity index (χ1) is 15.5. The van der Waals surface area contributed by atoms with Gasteiger partial charge in [-0.2, -0.15) is 0 Å². The SMILES string of the molecule is CCCc1c(OCCCCOc2ccc(C(=O)NSOOC)cc2)ccc(C(C)=O)c1O. The van der Waals surface area contributed by atoms with Crippen molar-refractivity contribution in [2.75, 3.05) is 20.3 Å². The van der Waals surface area contributed by atoms with Crippen LogP contribution >= 0.6 is 12.2 Å². The Labute approximate surface area is 192 Å². The van der Waals surface area contributed by atoms with E-state index in [9.17, 15) is 14.7 Å². The number of carbonyl (C=O) groups excluding carboxylic acids is 2. The topological polar surface area (TPSA) is 103 Å². The molecule has 0 saturated heterocycles. The van der Waals surface area contributed by atoms with Gasteiger partial charge in [0.05, 0.1) is 25.9 Å². The summed E-state index contributed by atoms with van der Waals surface area (Å²) in [4.78, 5) is 27.9. The minimum Gasteiger partial charge on any atom is -0.507 e. The number of rotatable bonds is 14. The lowest BCUT2D eigenvalue weighted by molar-refractivity contribution is -0.160. The molecule has 2 N–H and O–H groups in total. The third-order valence-electron chi connectivity index (χ3n) is 4.54. The number of Topliss-reactive ketones (excluding diaryl/α,β-unsaturated/α-hetero) is 1. The first-order valence-electron chi connectivity index (χ1n) is 10.4. The molecule has 2 aromatic rings. The van der Waals surface area contributed by atoms with Crippen LogP contribution in [0.15, 0.2) is 36.4 Å². The van der Waals surface area contributed by atoms with Crippen LogP contribution in [0.2, 0.25) is 0 Å². The van der Waals surface area contributed by atoms with E-state index in [0.717, 1.165) is 19.3 Å². The molecular weight excluding hydrogens is 434 g/mol. The lowest BCUT2D eigenvalue weighted by atomic mass is 10.0. The highest BCUT2D eigenvalue weighted by molar-refractivity contribution is 7.93. The van der Waals surface area contributed by atoms with Crippen LogP contribution < -0.4 is 14.2 Å². The zero-order valence-corrected chi connectivity index (χ0v) is 19.3. The minimum atomic E-state index is -0.305. The molecule has 0 spiro atoms. The molecule has 0 atom stereocenters. The van der Waals surface area contributed by atoms with Crippen molar-refractivity contribution in [3.05, 3.63) is 53.1 Å². The van der Waals surface area contributed by atoms with Crippen molar-refractivity contribution < 1.29 is 33.4 Å². The molecule has 0 unspecified atom stereocenters. The molecular formula is C23H29NO7S. The van der Waals surface area contributed by atoms with Crippen molar-refractivity contribution in [1.82, 2.24) is 4.72 Å². The third kappa shape index (κ3) is 7.74. The molecule has 0 heterocycles. The van der Waals surface area contributed by atoms with Gasteiger partial charge in [-0.15, -0.1) is 4.33 Å². The summed E-state index contributed by atoms with van der Waals surface area (Å²) in [5.41, 5.74) is 1.47. The zero-order chi connectivity index (χ0) is 23.3. The molecule has 0 aliphatic carbocycles. The van der Waals surface area contributed by atoms with Gasteiger partial charge >= 0.3 is 0 Å². The molecule has 9 heteroatoms. The Morgan fingerprint density at radius 1 is 1.03 bits per heavy atom. The van der Waals surface area contributed by atoms with Crippen molar-refractivity contribution in [2.24, 2.45) is 0 Å². The summed E-state index contributed by atoms with van der Waals surface area (Å²) in [6.07, 6.45) is 3.00. The van der Waals surface area contributed by atoms with Gasteiger partial charge in [0.1, 0.15) is 17.2 Å². The zero-order valence-electron chi connectivity index (χ0n) is 18.5. The van der Waals surface area contributed by atoms with Gasteiger partial charge in [-0.3, -0.25) is 14.3 Å². The lowest BCUT2D eigenvalue weighted by Crippen LogP contribution is -2.16. The fourth-order valence-corrected chi connectivity index (χ4v) is 3.25.